The van der Waals surface area contributed by atoms with Gasteiger partial charge in [0.2, 0.25) is 5.88 Å². The van der Waals surface area contributed by atoms with Gasteiger partial charge in [-0.2, -0.15) is 5.10 Å². The second-order valence-electron chi connectivity index (χ2n) is 8.66. The lowest BCUT2D eigenvalue weighted by molar-refractivity contribution is 0.413. The zero-order valence-electron chi connectivity index (χ0n) is 18.9. The molecule has 7 nitrogen and oxygen atoms in total. The predicted molar refractivity (Wildman–Crippen MR) is 134 cm³/mol. The van der Waals surface area contributed by atoms with Crippen LogP contribution in [-0.4, -0.2) is 36.9 Å². The minimum absolute atomic E-state index is 0.157. The summed E-state index contributed by atoms with van der Waals surface area (Å²) in [4.78, 5) is 9.31. The quantitative estimate of drug-likeness (QED) is 0.314. The number of hydrogen-bond donors (Lipinski definition) is 2. The van der Waals surface area contributed by atoms with Gasteiger partial charge in [-0.15, -0.1) is 11.3 Å². The van der Waals surface area contributed by atoms with E-state index in [1.807, 2.05) is 52.4 Å². The number of nitrogens with one attached hydrogen (secondary N) is 1. The number of aromatic nitrogens is 5. The smallest absolute Gasteiger partial charge is 0.224 e. The van der Waals surface area contributed by atoms with Crippen molar-refractivity contribution in [1.29, 1.82) is 0 Å². The lowest BCUT2D eigenvalue weighted by atomic mass is 9.85. The summed E-state index contributed by atoms with van der Waals surface area (Å²) in [5, 5.41) is 22.8. The minimum atomic E-state index is 0.157. The zero-order valence-corrected chi connectivity index (χ0v) is 19.7. The molecule has 34 heavy (non-hydrogen) atoms. The lowest BCUT2D eigenvalue weighted by Gasteiger charge is -2.23. The summed E-state index contributed by atoms with van der Waals surface area (Å²) in [7, 11) is 1.66. The monoisotopic (exact) mass is 471 g/mol. The van der Waals surface area contributed by atoms with Crippen molar-refractivity contribution in [2.45, 2.75) is 38.0 Å². The van der Waals surface area contributed by atoms with Crippen LogP contribution >= 0.6 is 11.3 Å². The fraction of sp³-hybridized carbons (Fsp3) is 0.269. The maximum absolute atomic E-state index is 11.4. The number of thiazole rings is 1. The van der Waals surface area contributed by atoms with Gasteiger partial charge in [0, 0.05) is 28.8 Å². The molecule has 172 valence electrons. The van der Waals surface area contributed by atoms with Crippen LogP contribution in [0.25, 0.3) is 38.7 Å². The molecule has 1 aliphatic rings. The molecule has 5 aromatic rings. The highest BCUT2D eigenvalue weighted by atomic mass is 32.1. The predicted octanol–water partition coefficient (Wildman–Crippen LogP) is 6.30. The third-order valence-electron chi connectivity index (χ3n) is 6.66. The number of fused-ring (bicyclic) bond motifs is 1. The molecule has 2 N–H and O–H groups in total. The van der Waals surface area contributed by atoms with Crippen LogP contribution in [0.5, 0.6) is 11.6 Å². The van der Waals surface area contributed by atoms with Crippen LogP contribution in [0.2, 0.25) is 0 Å². The first-order chi connectivity index (χ1) is 16.7. The van der Waals surface area contributed by atoms with E-state index in [0.717, 1.165) is 57.4 Å². The molecule has 0 radical (unpaired) electrons. The van der Waals surface area contributed by atoms with E-state index in [1.54, 1.807) is 13.3 Å². The zero-order chi connectivity index (χ0) is 23.1. The first-order valence-corrected chi connectivity index (χ1v) is 12.5. The SMILES string of the molecule is COc1ccc(-c2n[nH]c3c(O)n(-c4nc(-c5ccccn5)cs4)c(C4CCCCC4)c23)cc1. The van der Waals surface area contributed by atoms with Crippen LogP contribution in [-0.2, 0) is 0 Å². The van der Waals surface area contributed by atoms with Gasteiger partial charge in [-0.3, -0.25) is 14.6 Å². The number of aromatic amines is 1. The average molecular weight is 472 g/mol. The van der Waals surface area contributed by atoms with Crippen LogP contribution in [0.4, 0.5) is 0 Å². The van der Waals surface area contributed by atoms with E-state index < -0.39 is 0 Å². The Hall–Kier alpha value is -3.65. The molecule has 0 unspecified atom stereocenters. The van der Waals surface area contributed by atoms with Crippen molar-refractivity contribution in [3.8, 4) is 39.4 Å². The van der Waals surface area contributed by atoms with Gasteiger partial charge in [0.1, 0.15) is 22.7 Å². The molecule has 0 atom stereocenters. The van der Waals surface area contributed by atoms with Gasteiger partial charge in [0.05, 0.1) is 18.2 Å². The van der Waals surface area contributed by atoms with E-state index in [1.165, 1.54) is 30.6 Å². The van der Waals surface area contributed by atoms with E-state index in [2.05, 4.69) is 15.2 Å². The summed E-state index contributed by atoms with van der Waals surface area (Å²) in [5.74, 6) is 1.28. The number of hydrogen-bond acceptors (Lipinski definition) is 6. The second kappa shape index (κ2) is 8.61. The van der Waals surface area contributed by atoms with Gasteiger partial charge in [-0.1, -0.05) is 25.3 Å². The molecular formula is C26H25N5O2S. The molecule has 0 spiro atoms. The molecule has 1 saturated carbocycles. The van der Waals surface area contributed by atoms with Gasteiger partial charge >= 0.3 is 0 Å². The van der Waals surface area contributed by atoms with Gasteiger partial charge in [0.25, 0.3) is 0 Å². The molecule has 0 aliphatic heterocycles. The molecule has 0 bridgehead atoms. The van der Waals surface area contributed by atoms with Crippen molar-refractivity contribution < 1.29 is 9.84 Å². The summed E-state index contributed by atoms with van der Waals surface area (Å²) in [5.41, 5.74) is 5.19. The fourth-order valence-corrected chi connectivity index (χ4v) is 5.84. The molecule has 1 aliphatic carbocycles. The topological polar surface area (TPSA) is 88.9 Å². The first kappa shape index (κ1) is 20.9. The Morgan fingerprint density at radius 2 is 1.88 bits per heavy atom. The summed E-state index contributed by atoms with van der Waals surface area (Å²) in [6.45, 7) is 0. The van der Waals surface area contributed by atoms with Crippen LogP contribution < -0.4 is 4.74 Å². The Kier molecular flexibility index (Phi) is 5.30. The molecule has 1 fully saturated rings. The third-order valence-corrected chi connectivity index (χ3v) is 7.49. The van der Waals surface area contributed by atoms with Crippen molar-refractivity contribution in [2.75, 3.05) is 7.11 Å². The second-order valence-corrected chi connectivity index (χ2v) is 9.50. The highest BCUT2D eigenvalue weighted by Gasteiger charge is 2.31. The van der Waals surface area contributed by atoms with E-state index in [9.17, 15) is 5.11 Å². The van der Waals surface area contributed by atoms with E-state index in [-0.39, 0.29) is 5.88 Å². The Morgan fingerprint density at radius 3 is 2.62 bits per heavy atom. The number of ether oxygens (including phenoxy) is 1. The average Bonchev–Trinajstić information content (AvgIpc) is 3.61. The molecule has 6 rings (SSSR count). The van der Waals surface area contributed by atoms with Crippen molar-refractivity contribution in [1.82, 2.24) is 24.7 Å². The molecular weight excluding hydrogens is 446 g/mol. The molecule has 1 aromatic carbocycles. The van der Waals surface area contributed by atoms with Gasteiger partial charge in [-0.05, 0) is 49.2 Å². The minimum Gasteiger partial charge on any atom is -0.497 e. The Bertz CT molecular complexity index is 1430. The number of rotatable bonds is 5. The van der Waals surface area contributed by atoms with Crippen LogP contribution in [0.15, 0.2) is 54.0 Å². The molecule has 0 saturated heterocycles. The van der Waals surface area contributed by atoms with E-state index in [0.29, 0.717) is 11.4 Å². The number of pyridine rings is 1. The Balaban J connectivity index is 1.55. The molecule has 0 amide bonds. The molecule has 8 heteroatoms. The van der Waals surface area contributed by atoms with Crippen LogP contribution in [0, 0.1) is 0 Å². The standard InChI is InChI=1S/C26H25N5O2S/c1-33-18-12-10-16(11-13-18)22-21-23(30-29-22)25(32)31(24(21)17-7-3-2-4-8-17)26-28-20(15-34-26)19-9-5-6-14-27-19/h5-6,9-15,17,30,32H,2-4,7-8H2,1H3. The van der Waals surface area contributed by atoms with Crippen molar-refractivity contribution >= 4 is 22.2 Å². The summed E-state index contributed by atoms with van der Waals surface area (Å²) in [6, 6.07) is 13.7. The number of benzene rings is 1. The van der Waals surface area contributed by atoms with Gasteiger partial charge < -0.3 is 9.84 Å². The van der Waals surface area contributed by atoms with Crippen molar-refractivity contribution in [2.24, 2.45) is 0 Å². The summed E-state index contributed by atoms with van der Waals surface area (Å²) < 4.78 is 7.26. The Labute approximate surface area is 201 Å². The van der Waals surface area contributed by atoms with Crippen molar-refractivity contribution in [3.05, 3.63) is 59.7 Å². The number of nitrogens with zero attached hydrogens (tertiary/aromatic N) is 4. The fourth-order valence-electron chi connectivity index (χ4n) is 5.00. The lowest BCUT2D eigenvalue weighted by Crippen LogP contribution is -2.10. The van der Waals surface area contributed by atoms with Crippen molar-refractivity contribution in [3.63, 3.8) is 0 Å². The van der Waals surface area contributed by atoms with E-state index in [4.69, 9.17) is 9.72 Å². The van der Waals surface area contributed by atoms with Gasteiger partial charge in [-0.25, -0.2) is 4.98 Å². The highest BCUT2D eigenvalue weighted by molar-refractivity contribution is 7.12. The summed E-state index contributed by atoms with van der Waals surface area (Å²) in [6.07, 6.45) is 7.57. The van der Waals surface area contributed by atoms with E-state index >= 15 is 0 Å². The number of aromatic hydroxyl groups is 1. The van der Waals surface area contributed by atoms with Crippen LogP contribution in [0.1, 0.15) is 43.7 Å². The normalized spacial score (nSPS) is 14.6. The highest BCUT2D eigenvalue weighted by Crippen LogP contribution is 2.46. The van der Waals surface area contributed by atoms with Gasteiger partial charge in [0.15, 0.2) is 5.13 Å². The number of methoxy groups -OCH3 is 1. The third kappa shape index (κ3) is 3.45. The maximum Gasteiger partial charge on any atom is 0.224 e. The van der Waals surface area contributed by atoms with Crippen LogP contribution in [0.3, 0.4) is 0 Å². The first-order valence-electron chi connectivity index (χ1n) is 11.6. The number of H-pyrrole nitrogens is 1. The largest absolute Gasteiger partial charge is 0.497 e. The summed E-state index contributed by atoms with van der Waals surface area (Å²) >= 11 is 1.52. The molecule has 4 aromatic heterocycles. The Morgan fingerprint density at radius 1 is 1.06 bits per heavy atom. The maximum atomic E-state index is 11.4. The molecule has 4 heterocycles.